The van der Waals surface area contributed by atoms with E-state index in [9.17, 15) is 14.4 Å². The van der Waals surface area contributed by atoms with E-state index in [4.69, 9.17) is 14.2 Å². The Balaban J connectivity index is 4.30. The Morgan fingerprint density at radius 2 is 0.525 bits per heavy atom. The second-order valence-corrected chi connectivity index (χ2v) is 21.3. The van der Waals surface area contributed by atoms with Gasteiger partial charge in [0.1, 0.15) is 13.2 Å². The second-order valence-electron chi connectivity index (χ2n) is 21.3. The molecule has 0 aromatic heterocycles. The van der Waals surface area contributed by atoms with E-state index < -0.39 is 12.1 Å². The third kappa shape index (κ3) is 64.1. The minimum atomic E-state index is -0.837. The molecule has 1 unspecified atom stereocenters. The molecule has 0 saturated heterocycles. The zero-order valence-corrected chi connectivity index (χ0v) is 51.8. The highest BCUT2D eigenvalue weighted by Gasteiger charge is 2.19. The van der Waals surface area contributed by atoms with Crippen LogP contribution < -0.4 is 0 Å². The Labute approximate surface area is 493 Å². The van der Waals surface area contributed by atoms with Crippen LogP contribution in [-0.4, -0.2) is 37.2 Å². The highest BCUT2D eigenvalue weighted by molar-refractivity contribution is 5.72. The number of unbranched alkanes of at least 4 members (excludes halogenated alkanes) is 24. The van der Waals surface area contributed by atoms with Crippen LogP contribution in [0.2, 0.25) is 0 Å². The molecule has 6 nitrogen and oxygen atoms in total. The second kappa shape index (κ2) is 66.8. The lowest BCUT2D eigenvalue weighted by Crippen LogP contribution is -2.30. The summed E-state index contributed by atoms with van der Waals surface area (Å²) in [5.41, 5.74) is 0. The summed E-state index contributed by atoms with van der Waals surface area (Å²) in [6.45, 7) is 6.33. The molecule has 80 heavy (non-hydrogen) atoms. The fraction of sp³-hybridized carbons (Fsp3) is 0.635. The van der Waals surface area contributed by atoms with Crippen molar-refractivity contribution in [3.63, 3.8) is 0 Å². The summed E-state index contributed by atoms with van der Waals surface area (Å²) in [6.07, 6.45) is 96.0. The van der Waals surface area contributed by atoms with Gasteiger partial charge < -0.3 is 14.2 Å². The zero-order valence-electron chi connectivity index (χ0n) is 51.8. The molecule has 0 amide bonds. The summed E-state index contributed by atoms with van der Waals surface area (Å²) in [5.74, 6) is -1.05. The summed E-state index contributed by atoms with van der Waals surface area (Å²) in [6, 6.07) is 0. The average molecular weight is 1110 g/mol. The normalized spacial score (nSPS) is 13.1. The molecule has 0 spiro atoms. The van der Waals surface area contributed by atoms with Crippen LogP contribution in [0.4, 0.5) is 0 Å². The minimum Gasteiger partial charge on any atom is -0.462 e. The summed E-state index contributed by atoms with van der Waals surface area (Å²) < 4.78 is 16.8. The number of ether oxygens (including phenoxy) is 3. The summed E-state index contributed by atoms with van der Waals surface area (Å²) >= 11 is 0. The number of carbonyl (C=O) groups is 3. The van der Waals surface area contributed by atoms with Gasteiger partial charge in [-0.2, -0.15) is 0 Å². The monoisotopic (exact) mass is 1100 g/mol. The summed E-state index contributed by atoms with van der Waals surface area (Å²) in [5, 5.41) is 0. The van der Waals surface area contributed by atoms with E-state index in [0.29, 0.717) is 12.8 Å². The first-order chi connectivity index (χ1) is 39.5. The van der Waals surface area contributed by atoms with E-state index in [-0.39, 0.29) is 31.6 Å². The third-order valence-electron chi connectivity index (χ3n) is 13.6. The number of rotatable bonds is 58. The van der Waals surface area contributed by atoms with Crippen LogP contribution in [0.1, 0.15) is 284 Å². The molecular formula is C74H120O6. The van der Waals surface area contributed by atoms with Gasteiger partial charge in [0.05, 0.1) is 6.42 Å². The first-order valence-electron chi connectivity index (χ1n) is 32.8. The number of carbonyl (C=O) groups excluding carboxylic acids is 3. The van der Waals surface area contributed by atoms with Crippen molar-refractivity contribution in [2.24, 2.45) is 0 Å². The van der Waals surface area contributed by atoms with Crippen molar-refractivity contribution in [3.05, 3.63) is 146 Å². The number of esters is 3. The largest absolute Gasteiger partial charge is 0.462 e. The van der Waals surface area contributed by atoms with E-state index in [1.807, 2.05) is 6.08 Å². The molecule has 6 heteroatoms. The van der Waals surface area contributed by atoms with Gasteiger partial charge in [0, 0.05) is 12.8 Å². The minimum absolute atomic E-state index is 0.0933. The van der Waals surface area contributed by atoms with Crippen molar-refractivity contribution in [1.29, 1.82) is 0 Å². The van der Waals surface area contributed by atoms with Gasteiger partial charge in [-0.25, -0.2) is 0 Å². The van der Waals surface area contributed by atoms with Crippen LogP contribution >= 0.6 is 0 Å². The van der Waals surface area contributed by atoms with Crippen molar-refractivity contribution in [2.75, 3.05) is 13.2 Å². The molecule has 0 aliphatic heterocycles. The first-order valence-corrected chi connectivity index (χ1v) is 32.8. The molecule has 0 aliphatic carbocycles. The van der Waals surface area contributed by atoms with E-state index in [2.05, 4.69) is 154 Å². The molecule has 0 aromatic carbocycles. The van der Waals surface area contributed by atoms with Crippen LogP contribution in [0.25, 0.3) is 0 Å². The average Bonchev–Trinajstić information content (AvgIpc) is 3.46. The Morgan fingerprint density at radius 3 is 0.825 bits per heavy atom. The smallest absolute Gasteiger partial charge is 0.310 e. The Bertz CT molecular complexity index is 1750. The van der Waals surface area contributed by atoms with E-state index >= 15 is 0 Å². The molecule has 0 N–H and O–H groups in total. The van der Waals surface area contributed by atoms with Gasteiger partial charge in [0.2, 0.25) is 0 Å². The van der Waals surface area contributed by atoms with E-state index in [0.717, 1.165) is 116 Å². The molecule has 0 bridgehead atoms. The number of allylic oxidation sites excluding steroid dienone is 23. The lowest BCUT2D eigenvalue weighted by atomic mass is 10.0. The SMILES string of the molecule is CC/C=C\C/C=C\C/C=C\C/C=C\C/C=C\C/C=C\C/C=C\CCCCCCCCCCCCCC(=O)OCC(COC(=O)CCCCCCCCCCCCCCCC)OC(=O)C/C=C\C/C=C\C/C=C\C/C=C\C/C=C\CC. The van der Waals surface area contributed by atoms with Crippen molar-refractivity contribution < 1.29 is 28.6 Å². The van der Waals surface area contributed by atoms with Crippen molar-refractivity contribution >= 4 is 17.9 Å². The van der Waals surface area contributed by atoms with Gasteiger partial charge in [-0.1, -0.05) is 308 Å². The summed E-state index contributed by atoms with van der Waals surface area (Å²) in [7, 11) is 0. The van der Waals surface area contributed by atoms with Crippen molar-refractivity contribution in [2.45, 2.75) is 290 Å². The van der Waals surface area contributed by atoms with Gasteiger partial charge in [-0.05, 0) is 103 Å². The van der Waals surface area contributed by atoms with Gasteiger partial charge >= 0.3 is 17.9 Å². The van der Waals surface area contributed by atoms with Gasteiger partial charge in [-0.3, -0.25) is 14.4 Å². The topological polar surface area (TPSA) is 78.9 Å². The maximum absolute atomic E-state index is 12.8. The van der Waals surface area contributed by atoms with Crippen LogP contribution in [0.3, 0.4) is 0 Å². The molecule has 0 heterocycles. The molecule has 0 rings (SSSR count). The first kappa shape index (κ1) is 75.3. The third-order valence-corrected chi connectivity index (χ3v) is 13.6. The van der Waals surface area contributed by atoms with Gasteiger partial charge in [0.25, 0.3) is 0 Å². The number of hydrogen-bond acceptors (Lipinski definition) is 6. The van der Waals surface area contributed by atoms with Crippen LogP contribution in [0.15, 0.2) is 146 Å². The van der Waals surface area contributed by atoms with Gasteiger partial charge in [-0.15, -0.1) is 0 Å². The molecular weight excluding hydrogens is 985 g/mol. The van der Waals surface area contributed by atoms with Crippen LogP contribution in [-0.2, 0) is 28.6 Å². The summed E-state index contributed by atoms with van der Waals surface area (Å²) in [4.78, 5) is 38.2. The highest BCUT2D eigenvalue weighted by Crippen LogP contribution is 2.16. The Kier molecular flexibility index (Phi) is 62.9. The van der Waals surface area contributed by atoms with Crippen molar-refractivity contribution in [1.82, 2.24) is 0 Å². The Morgan fingerprint density at radius 1 is 0.275 bits per heavy atom. The zero-order chi connectivity index (χ0) is 57.8. The molecule has 0 radical (unpaired) electrons. The van der Waals surface area contributed by atoms with E-state index in [1.165, 1.54) is 128 Å². The van der Waals surface area contributed by atoms with Crippen LogP contribution in [0.5, 0.6) is 0 Å². The highest BCUT2D eigenvalue weighted by atomic mass is 16.6. The molecule has 452 valence electrons. The molecule has 0 saturated carbocycles. The Hall–Kier alpha value is -4.71. The lowest BCUT2D eigenvalue weighted by Gasteiger charge is -2.18. The molecule has 0 aromatic rings. The maximum Gasteiger partial charge on any atom is 0.310 e. The maximum atomic E-state index is 12.8. The predicted octanol–water partition coefficient (Wildman–Crippen LogP) is 22.7. The quantitative estimate of drug-likeness (QED) is 0.0261. The van der Waals surface area contributed by atoms with Gasteiger partial charge in [0.15, 0.2) is 6.10 Å². The van der Waals surface area contributed by atoms with Crippen LogP contribution in [0, 0.1) is 0 Å². The van der Waals surface area contributed by atoms with Crippen molar-refractivity contribution in [3.8, 4) is 0 Å². The molecule has 0 aliphatic rings. The fourth-order valence-electron chi connectivity index (χ4n) is 8.79. The fourth-order valence-corrected chi connectivity index (χ4v) is 8.79. The molecule has 1 atom stereocenters. The van der Waals surface area contributed by atoms with E-state index in [1.54, 1.807) is 6.08 Å². The number of hydrogen-bond donors (Lipinski definition) is 0. The molecule has 0 fully saturated rings. The lowest BCUT2D eigenvalue weighted by molar-refractivity contribution is -0.166. The standard InChI is InChI=1S/C74H120O6/c1-4-7-10-13-16-19-22-25-28-29-30-31-32-33-34-35-36-37-38-39-40-41-42-43-44-45-47-49-52-55-58-61-64-67-73(76)79-70-71(69-78-72(75)66-63-60-57-54-51-48-27-24-21-18-15-12-9-6-3)80-74(77)68-65-62-59-56-53-50-46-26-23-20-17-14-11-8-5-2/h7-8,10-11,16-17,19-20,25-26,28,30-31,33-34,36-37,39-40,46,53,56,62,65,71H,4-6,9,12-15,18,21-24,27,29,32,35,38,41-45,47-52,54-55,57-61,63-64,66-70H2,1-3H3/b10-7-,11-8-,19-16-,20-17-,28-25-,31-30-,34-33-,37-36-,40-39-,46-26-,56-53-,65-62-. The predicted molar refractivity (Wildman–Crippen MR) is 348 cm³/mol.